The normalized spacial score (nSPS) is 11.7. The molecule has 0 atom stereocenters. The van der Waals surface area contributed by atoms with Gasteiger partial charge in [-0.1, -0.05) is 39.0 Å². The van der Waals surface area contributed by atoms with E-state index in [9.17, 15) is 14.9 Å². The van der Waals surface area contributed by atoms with Gasteiger partial charge in [0.25, 0.3) is 5.91 Å². The number of aromatic nitrogens is 1. The summed E-state index contributed by atoms with van der Waals surface area (Å²) in [5.41, 5.74) is 5.25. The molecule has 0 fully saturated rings. The van der Waals surface area contributed by atoms with Crippen LogP contribution in [-0.2, 0) is 10.2 Å². The van der Waals surface area contributed by atoms with Gasteiger partial charge in [-0.15, -0.1) is 0 Å². The van der Waals surface area contributed by atoms with Crippen molar-refractivity contribution in [3.8, 4) is 11.8 Å². The molecule has 0 radical (unpaired) electrons. The first-order valence-electron chi connectivity index (χ1n) is 10.6. The minimum atomic E-state index is -1.09. The number of carbonyl (C=O) groups excluding carboxylic acids is 1. The average molecular weight is 442 g/mol. The van der Waals surface area contributed by atoms with Gasteiger partial charge in [-0.3, -0.25) is 4.79 Å². The first kappa shape index (κ1) is 23.6. The fraction of sp³-hybridized carbons (Fsp3) is 0.222. The number of aromatic carboxylic acids is 1. The Labute approximate surface area is 193 Å². The molecule has 168 valence electrons. The quantitative estimate of drug-likeness (QED) is 0.396. The molecule has 6 heteroatoms. The molecular weight excluding hydrogens is 414 g/mol. The molecule has 1 amide bonds. The van der Waals surface area contributed by atoms with Crippen LogP contribution in [-0.4, -0.2) is 21.6 Å². The van der Waals surface area contributed by atoms with Crippen molar-refractivity contribution in [1.82, 2.24) is 4.57 Å². The summed E-state index contributed by atoms with van der Waals surface area (Å²) in [5.74, 6) is -1.69. The highest BCUT2D eigenvalue weighted by Gasteiger charge is 2.16. The van der Waals surface area contributed by atoms with Gasteiger partial charge in [0.1, 0.15) is 11.6 Å². The summed E-state index contributed by atoms with van der Waals surface area (Å²) in [4.78, 5) is 23.8. The van der Waals surface area contributed by atoms with E-state index in [0.717, 1.165) is 22.6 Å². The predicted octanol–water partition coefficient (Wildman–Crippen LogP) is 5.64. The van der Waals surface area contributed by atoms with Crippen molar-refractivity contribution in [2.75, 3.05) is 5.32 Å². The molecule has 6 nitrogen and oxygen atoms in total. The Morgan fingerprint density at radius 2 is 1.73 bits per heavy atom. The first-order valence-corrected chi connectivity index (χ1v) is 10.6. The molecule has 0 aliphatic rings. The number of anilines is 1. The minimum absolute atomic E-state index is 0.0521. The molecule has 3 aromatic rings. The number of rotatable bonds is 5. The Hall–Kier alpha value is -4.11. The summed E-state index contributed by atoms with van der Waals surface area (Å²) < 4.78 is 2.08. The van der Waals surface area contributed by atoms with E-state index in [1.54, 1.807) is 12.1 Å². The number of hydrogen-bond acceptors (Lipinski definition) is 3. The number of hydrogen-bond donors (Lipinski definition) is 2. The van der Waals surface area contributed by atoms with Gasteiger partial charge in [-0.2, -0.15) is 5.26 Å². The summed E-state index contributed by atoms with van der Waals surface area (Å²) in [5, 5.41) is 21.3. The van der Waals surface area contributed by atoms with Crippen molar-refractivity contribution in [1.29, 1.82) is 5.26 Å². The number of nitriles is 1. The molecule has 0 unspecified atom stereocenters. The highest BCUT2D eigenvalue weighted by molar-refractivity contribution is 6.10. The molecule has 1 heterocycles. The third-order valence-corrected chi connectivity index (χ3v) is 5.49. The molecule has 1 aromatic heterocycles. The average Bonchev–Trinajstić information content (AvgIpc) is 3.04. The molecule has 0 bridgehead atoms. The highest BCUT2D eigenvalue weighted by Crippen LogP contribution is 2.27. The summed E-state index contributed by atoms with van der Waals surface area (Å²) in [6.07, 6.45) is 1.55. The van der Waals surface area contributed by atoms with Gasteiger partial charge in [-0.25, -0.2) is 4.79 Å². The molecule has 0 aliphatic carbocycles. The van der Waals surface area contributed by atoms with Crippen LogP contribution in [0.2, 0.25) is 0 Å². The SMILES string of the molecule is Cc1cc(/C=C(/C#N)C(=O)Nc2cccc(C(=O)O)c2)c(C)n1-c1ccc(C(C)(C)C)cc1. The van der Waals surface area contributed by atoms with E-state index in [1.807, 2.05) is 26.0 Å². The van der Waals surface area contributed by atoms with E-state index >= 15 is 0 Å². The maximum atomic E-state index is 12.7. The molecule has 3 rings (SSSR count). The van der Waals surface area contributed by atoms with Crippen LogP contribution in [0.4, 0.5) is 5.69 Å². The molecule has 0 saturated carbocycles. The second-order valence-electron chi connectivity index (χ2n) is 8.97. The van der Waals surface area contributed by atoms with Crippen LogP contribution in [0.3, 0.4) is 0 Å². The monoisotopic (exact) mass is 441 g/mol. The first-order chi connectivity index (χ1) is 15.5. The zero-order chi connectivity index (χ0) is 24.3. The van der Waals surface area contributed by atoms with Crippen LogP contribution >= 0.6 is 0 Å². The third-order valence-electron chi connectivity index (χ3n) is 5.49. The second-order valence-corrected chi connectivity index (χ2v) is 8.97. The molecule has 0 saturated heterocycles. The van der Waals surface area contributed by atoms with E-state index in [0.29, 0.717) is 5.69 Å². The number of carboxylic acids is 1. The van der Waals surface area contributed by atoms with Crippen LogP contribution in [0, 0.1) is 25.2 Å². The van der Waals surface area contributed by atoms with Gasteiger partial charge in [0.2, 0.25) is 0 Å². The van der Waals surface area contributed by atoms with Gasteiger partial charge in [0.15, 0.2) is 0 Å². The summed E-state index contributed by atoms with van der Waals surface area (Å²) in [6.45, 7) is 10.4. The van der Waals surface area contributed by atoms with Crippen molar-refractivity contribution in [2.45, 2.75) is 40.0 Å². The predicted molar refractivity (Wildman–Crippen MR) is 130 cm³/mol. The Kier molecular flexibility index (Phi) is 6.55. The van der Waals surface area contributed by atoms with Crippen LogP contribution in [0.25, 0.3) is 11.8 Å². The number of aryl methyl sites for hydroxylation is 1. The fourth-order valence-electron chi connectivity index (χ4n) is 3.67. The second kappa shape index (κ2) is 9.17. The molecule has 0 aliphatic heterocycles. The number of carboxylic acid groups (broad SMARTS) is 1. The highest BCUT2D eigenvalue weighted by atomic mass is 16.4. The largest absolute Gasteiger partial charge is 0.478 e. The van der Waals surface area contributed by atoms with Crippen molar-refractivity contribution >= 4 is 23.6 Å². The lowest BCUT2D eigenvalue weighted by atomic mass is 9.87. The summed E-state index contributed by atoms with van der Waals surface area (Å²) in [7, 11) is 0. The maximum Gasteiger partial charge on any atom is 0.335 e. The van der Waals surface area contributed by atoms with Gasteiger partial charge in [0.05, 0.1) is 5.56 Å². The third kappa shape index (κ3) is 5.21. The Balaban J connectivity index is 1.91. The van der Waals surface area contributed by atoms with Crippen LogP contribution < -0.4 is 5.32 Å². The molecule has 0 spiro atoms. The van der Waals surface area contributed by atoms with E-state index in [4.69, 9.17) is 5.11 Å². The van der Waals surface area contributed by atoms with Gasteiger partial charge < -0.3 is 15.0 Å². The Morgan fingerprint density at radius 3 is 2.30 bits per heavy atom. The number of nitrogens with zero attached hydrogens (tertiary/aromatic N) is 2. The molecule has 33 heavy (non-hydrogen) atoms. The van der Waals surface area contributed by atoms with E-state index in [-0.39, 0.29) is 16.6 Å². The smallest absolute Gasteiger partial charge is 0.335 e. The maximum absolute atomic E-state index is 12.7. The van der Waals surface area contributed by atoms with Crippen molar-refractivity contribution in [3.63, 3.8) is 0 Å². The van der Waals surface area contributed by atoms with Gasteiger partial charge in [0, 0.05) is 22.8 Å². The van der Waals surface area contributed by atoms with E-state index < -0.39 is 11.9 Å². The Bertz CT molecular complexity index is 1280. The van der Waals surface area contributed by atoms with Crippen LogP contribution in [0.1, 0.15) is 53.6 Å². The zero-order valence-electron chi connectivity index (χ0n) is 19.4. The van der Waals surface area contributed by atoms with Crippen LogP contribution in [0.15, 0.2) is 60.2 Å². The number of benzene rings is 2. The lowest BCUT2D eigenvalue weighted by Gasteiger charge is -2.20. The van der Waals surface area contributed by atoms with Gasteiger partial charge in [-0.05, 0) is 72.9 Å². The number of nitrogens with one attached hydrogen (secondary N) is 1. The lowest BCUT2D eigenvalue weighted by molar-refractivity contribution is -0.112. The topological polar surface area (TPSA) is 95.1 Å². The lowest BCUT2D eigenvalue weighted by Crippen LogP contribution is -2.14. The molecule has 2 N–H and O–H groups in total. The van der Waals surface area contributed by atoms with E-state index in [1.165, 1.54) is 23.8 Å². The zero-order valence-corrected chi connectivity index (χ0v) is 19.4. The van der Waals surface area contributed by atoms with E-state index in [2.05, 4.69) is 54.9 Å². The Morgan fingerprint density at radius 1 is 1.06 bits per heavy atom. The standard InChI is InChI=1S/C27H27N3O3/c1-17-13-20(18(2)30(17)24-11-9-22(10-12-24)27(3,4)5)14-21(16-28)25(31)29-23-8-6-7-19(15-23)26(32)33/h6-15H,1-5H3,(H,29,31)(H,32,33)/b21-14-. The van der Waals surface area contributed by atoms with Crippen molar-refractivity contribution in [3.05, 3.63) is 88.2 Å². The minimum Gasteiger partial charge on any atom is -0.478 e. The summed E-state index contributed by atoms with van der Waals surface area (Å²) >= 11 is 0. The van der Waals surface area contributed by atoms with Crippen LogP contribution in [0.5, 0.6) is 0 Å². The van der Waals surface area contributed by atoms with Gasteiger partial charge >= 0.3 is 5.97 Å². The molecule has 2 aromatic carbocycles. The summed E-state index contributed by atoms with van der Waals surface area (Å²) in [6, 6.07) is 18.1. The van der Waals surface area contributed by atoms with Crippen molar-refractivity contribution in [2.24, 2.45) is 0 Å². The van der Waals surface area contributed by atoms with Crippen molar-refractivity contribution < 1.29 is 14.7 Å². The number of carbonyl (C=O) groups is 2. The fourth-order valence-corrected chi connectivity index (χ4v) is 3.67. The number of amides is 1. The molecular formula is C27H27N3O3.